The maximum Gasteiger partial charge on any atom is 0.0514 e. The van der Waals surface area contributed by atoms with Crippen LogP contribution in [0.1, 0.15) is 0 Å². The van der Waals surface area contributed by atoms with Crippen molar-refractivity contribution in [2.45, 2.75) is 0 Å². The fourth-order valence-corrected chi connectivity index (χ4v) is 0.632. The summed E-state index contributed by atoms with van der Waals surface area (Å²) in [4.78, 5) is 0. The predicted molar refractivity (Wildman–Crippen MR) is 35.3 cm³/mol. The third kappa shape index (κ3) is 2.71. The minimum Gasteiger partial charge on any atom is -0.138 e. The molecule has 1 aromatic heterocycles. The molecule has 0 unspecified atom stereocenters. The molecule has 0 aliphatic rings. The van der Waals surface area contributed by atoms with Crippen LogP contribution < -0.4 is 0 Å². The average Bonchev–Trinajstić information content (AvgIpc) is 2.00. The number of hydrogen-bond acceptors (Lipinski definition) is 4. The van der Waals surface area contributed by atoms with E-state index < -0.39 is 0 Å². The summed E-state index contributed by atoms with van der Waals surface area (Å²) in [5.74, 6) is 0. The molecule has 0 radical (unpaired) electrons. The fourth-order valence-electron chi connectivity index (χ4n) is 0.332. The van der Waals surface area contributed by atoms with Gasteiger partial charge >= 0.3 is 0 Å². The van der Waals surface area contributed by atoms with Gasteiger partial charge in [-0.15, -0.1) is 5.10 Å². The lowest BCUT2D eigenvalue weighted by Crippen LogP contribution is -1.70. The summed E-state index contributed by atoms with van der Waals surface area (Å²) in [6.07, 6.45) is 1.58. The lowest BCUT2D eigenvalue weighted by Gasteiger charge is -1.58. The second-order valence-corrected chi connectivity index (χ2v) is 1.90. The zero-order chi connectivity index (χ0) is 6.36. The molecule has 4 heteroatoms. The first-order valence-electron chi connectivity index (χ1n) is 2.41. The van der Waals surface area contributed by atoms with Crippen LogP contribution in [-0.2, 0) is 0 Å². The van der Waals surface area contributed by atoms with Crippen molar-refractivity contribution < 1.29 is 0 Å². The van der Waals surface area contributed by atoms with Crippen molar-refractivity contribution in [3.63, 3.8) is 0 Å². The summed E-state index contributed by atoms with van der Waals surface area (Å²) in [5, 5.41) is 8.85. The highest BCUT2D eigenvalue weighted by Crippen LogP contribution is 1.78. The molecule has 0 amide bonds. The normalized spacial score (nSPS) is 8.00. The van der Waals surface area contributed by atoms with Crippen LogP contribution in [0.3, 0.4) is 0 Å². The van der Waals surface area contributed by atoms with Crippen LogP contribution in [-0.4, -0.2) is 14.8 Å². The maximum absolute atomic E-state index is 3.61. The van der Waals surface area contributed by atoms with Crippen LogP contribution >= 0.6 is 11.5 Å². The first kappa shape index (κ1) is 6.10. The lowest BCUT2D eigenvalue weighted by atomic mass is 10.6. The first-order chi connectivity index (χ1) is 4.50. The Morgan fingerprint density at radius 2 is 2.11 bits per heavy atom. The quantitative estimate of drug-likeness (QED) is 0.539. The molecular weight excluding hydrogens is 134 g/mol. The van der Waals surface area contributed by atoms with Crippen LogP contribution in [0.4, 0.5) is 0 Å². The Labute approximate surface area is 56.9 Å². The van der Waals surface area contributed by atoms with E-state index in [1.165, 1.54) is 11.5 Å². The predicted octanol–water partition coefficient (Wildman–Crippen LogP) is 1.06. The van der Waals surface area contributed by atoms with E-state index in [2.05, 4.69) is 14.8 Å². The molecular formula is C5H5N3S. The van der Waals surface area contributed by atoms with Gasteiger partial charge in [-0.3, -0.25) is 0 Å². The third-order valence-electron chi connectivity index (χ3n) is 0.650. The molecule has 0 aliphatic heterocycles. The van der Waals surface area contributed by atoms with E-state index in [9.17, 15) is 0 Å². The molecule has 0 saturated heterocycles. The van der Waals surface area contributed by atoms with E-state index in [0.717, 1.165) is 0 Å². The smallest absolute Gasteiger partial charge is 0.0514 e. The highest BCUT2D eigenvalue weighted by molar-refractivity contribution is 7.03. The van der Waals surface area contributed by atoms with Gasteiger partial charge in [-0.2, -0.15) is 0 Å². The van der Waals surface area contributed by atoms with E-state index >= 15 is 0 Å². The SMILES string of the molecule is c1ccnnnscc1. The summed E-state index contributed by atoms with van der Waals surface area (Å²) in [6, 6.07) is 5.54. The van der Waals surface area contributed by atoms with Gasteiger partial charge in [-0.1, -0.05) is 16.6 Å². The van der Waals surface area contributed by atoms with Crippen LogP contribution in [0.5, 0.6) is 0 Å². The summed E-state index contributed by atoms with van der Waals surface area (Å²) < 4.78 is 3.61. The summed E-state index contributed by atoms with van der Waals surface area (Å²) >= 11 is 1.26. The molecule has 1 rings (SSSR count). The van der Waals surface area contributed by atoms with Crippen molar-refractivity contribution in [2.24, 2.45) is 0 Å². The van der Waals surface area contributed by atoms with E-state index in [-0.39, 0.29) is 0 Å². The Morgan fingerprint density at radius 3 is 3.11 bits per heavy atom. The van der Waals surface area contributed by atoms with Crippen LogP contribution in [0.25, 0.3) is 0 Å². The van der Waals surface area contributed by atoms with E-state index in [4.69, 9.17) is 0 Å². The molecule has 46 valence electrons. The molecule has 0 saturated carbocycles. The molecule has 9 heavy (non-hydrogen) atoms. The Hall–Kier alpha value is -1.03. The van der Waals surface area contributed by atoms with Gasteiger partial charge in [0.1, 0.15) is 0 Å². The van der Waals surface area contributed by atoms with Crippen LogP contribution in [0.2, 0.25) is 0 Å². The molecule has 0 bridgehead atoms. The van der Waals surface area contributed by atoms with Gasteiger partial charge in [-0.05, 0) is 22.8 Å². The Kier molecular flexibility index (Phi) is 2.65. The van der Waals surface area contributed by atoms with Gasteiger partial charge in [0.2, 0.25) is 0 Å². The van der Waals surface area contributed by atoms with Crippen molar-refractivity contribution in [1.29, 1.82) is 0 Å². The molecule has 0 spiro atoms. The minimum absolute atomic E-state index is 1.26. The van der Waals surface area contributed by atoms with Crippen molar-refractivity contribution in [3.05, 3.63) is 29.8 Å². The second kappa shape index (κ2) is 3.91. The van der Waals surface area contributed by atoms with Gasteiger partial charge in [0.25, 0.3) is 0 Å². The molecule has 0 N–H and O–H groups in total. The second-order valence-electron chi connectivity index (χ2n) is 1.25. The molecule has 1 heterocycles. The van der Waals surface area contributed by atoms with Gasteiger partial charge in [0.05, 0.1) is 6.20 Å². The maximum atomic E-state index is 3.61. The van der Waals surface area contributed by atoms with E-state index in [0.29, 0.717) is 0 Å². The van der Waals surface area contributed by atoms with Crippen molar-refractivity contribution in [2.75, 3.05) is 0 Å². The molecule has 0 atom stereocenters. The molecule has 3 nitrogen and oxygen atoms in total. The van der Waals surface area contributed by atoms with E-state index in [1.54, 1.807) is 12.3 Å². The summed E-state index contributed by atoms with van der Waals surface area (Å²) in [6.45, 7) is 0. The van der Waals surface area contributed by atoms with Crippen LogP contribution in [0, 0.1) is 0 Å². The Bertz CT molecular complexity index is 134. The average molecular weight is 139 g/mol. The monoisotopic (exact) mass is 139 g/mol. The Morgan fingerprint density at radius 1 is 1.11 bits per heavy atom. The molecule has 0 aliphatic carbocycles. The van der Waals surface area contributed by atoms with Gasteiger partial charge < -0.3 is 0 Å². The number of aromatic nitrogens is 3. The largest absolute Gasteiger partial charge is 0.138 e. The standard InChI is InChI=1S/C5H5N3S/c1-2-4-6-7-8-9-5-3-1/h1-5H. The van der Waals surface area contributed by atoms with Crippen molar-refractivity contribution >= 4 is 11.5 Å². The van der Waals surface area contributed by atoms with E-state index in [1.807, 2.05) is 17.5 Å². The van der Waals surface area contributed by atoms with Crippen molar-refractivity contribution in [1.82, 2.24) is 14.8 Å². The van der Waals surface area contributed by atoms with Crippen LogP contribution in [0.15, 0.2) is 29.8 Å². The minimum atomic E-state index is 1.26. The van der Waals surface area contributed by atoms with Gasteiger partial charge in [-0.25, -0.2) is 0 Å². The summed E-state index contributed by atoms with van der Waals surface area (Å²) in [5.41, 5.74) is 0. The zero-order valence-electron chi connectivity index (χ0n) is 4.64. The van der Waals surface area contributed by atoms with Crippen molar-refractivity contribution in [3.8, 4) is 0 Å². The highest BCUT2D eigenvalue weighted by Gasteiger charge is 1.60. The summed E-state index contributed by atoms with van der Waals surface area (Å²) in [7, 11) is 0. The number of rotatable bonds is 0. The fraction of sp³-hybridized carbons (Fsp3) is 0. The third-order valence-corrected chi connectivity index (χ3v) is 1.10. The number of nitrogens with zero attached hydrogens (tertiary/aromatic N) is 3. The topological polar surface area (TPSA) is 38.7 Å². The molecule has 1 aromatic rings. The van der Waals surface area contributed by atoms with Gasteiger partial charge in [0.15, 0.2) is 0 Å². The lowest BCUT2D eigenvalue weighted by molar-refractivity contribution is 0.929. The van der Waals surface area contributed by atoms with Gasteiger partial charge in [0, 0.05) is 5.38 Å². The Balaban J connectivity index is 3.04. The number of hydrogen-bond donors (Lipinski definition) is 0. The first-order valence-corrected chi connectivity index (χ1v) is 3.25. The highest BCUT2D eigenvalue weighted by atomic mass is 32.1. The molecule has 0 fully saturated rings. The molecule has 0 aromatic carbocycles. The zero-order valence-corrected chi connectivity index (χ0v) is 5.45.